The number of hydrogen-bond acceptors (Lipinski definition) is 3. The lowest BCUT2D eigenvalue weighted by Gasteiger charge is -2.08. The molecule has 0 aliphatic carbocycles. The van der Waals surface area contributed by atoms with E-state index in [-0.39, 0.29) is 17.1 Å². The maximum absolute atomic E-state index is 12.3. The highest BCUT2D eigenvalue weighted by atomic mass is 35.5. The van der Waals surface area contributed by atoms with Crippen LogP contribution in [0.2, 0.25) is 0 Å². The van der Waals surface area contributed by atoms with E-state index in [2.05, 4.69) is 4.98 Å². The molecule has 0 aliphatic rings. The molecule has 6 heteroatoms. The molecule has 76 valence electrons. The van der Waals surface area contributed by atoms with Gasteiger partial charge in [0.15, 0.2) is 6.29 Å². The fraction of sp³-hybridized carbons (Fsp3) is 0.250. The third kappa shape index (κ3) is 1.82. The van der Waals surface area contributed by atoms with Crippen molar-refractivity contribution in [3.05, 3.63) is 23.0 Å². The number of nitrogens with two attached hydrogens (primary N) is 1. The van der Waals surface area contributed by atoms with Crippen molar-refractivity contribution in [2.45, 2.75) is 12.3 Å². The summed E-state index contributed by atoms with van der Waals surface area (Å²) in [7, 11) is 0. The number of halogens is 3. The summed E-state index contributed by atoms with van der Waals surface area (Å²) in [6.07, 6.45) is -1.26. The molecular formula is C8H7ClF2N2O. The molecule has 0 saturated carbocycles. The summed E-state index contributed by atoms with van der Waals surface area (Å²) in [5, 5.41) is 0. The van der Waals surface area contributed by atoms with Crippen LogP contribution in [-0.4, -0.2) is 11.3 Å². The van der Waals surface area contributed by atoms with Gasteiger partial charge in [-0.05, 0) is 5.56 Å². The van der Waals surface area contributed by atoms with Crippen molar-refractivity contribution in [3.63, 3.8) is 0 Å². The highest BCUT2D eigenvalue weighted by molar-refractivity contribution is 6.17. The standard InChI is InChI=1S/C8H7ClF2N2O/c9-1-4-2-13-7(8(10)11)6(12)5(4)3-14/h2-3,8H,1,12H2. The maximum Gasteiger partial charge on any atom is 0.282 e. The van der Waals surface area contributed by atoms with E-state index >= 15 is 0 Å². The average Bonchev–Trinajstić information content (AvgIpc) is 2.16. The molecule has 1 heterocycles. The summed E-state index contributed by atoms with van der Waals surface area (Å²) in [5.74, 6) is 0.00872. The van der Waals surface area contributed by atoms with Crippen molar-refractivity contribution in [2.75, 3.05) is 5.73 Å². The molecule has 1 aromatic heterocycles. The Bertz CT molecular complexity index is 357. The van der Waals surface area contributed by atoms with Gasteiger partial charge in [0.1, 0.15) is 5.69 Å². The van der Waals surface area contributed by atoms with E-state index in [9.17, 15) is 13.6 Å². The van der Waals surface area contributed by atoms with Crippen LogP contribution in [0.1, 0.15) is 28.0 Å². The molecule has 1 aromatic rings. The first kappa shape index (κ1) is 10.8. The Labute approximate surface area is 83.9 Å². The molecule has 0 aromatic carbocycles. The number of hydrogen-bond donors (Lipinski definition) is 1. The van der Waals surface area contributed by atoms with Gasteiger partial charge in [-0.1, -0.05) is 0 Å². The van der Waals surface area contributed by atoms with Gasteiger partial charge in [-0.25, -0.2) is 8.78 Å². The lowest BCUT2D eigenvalue weighted by Crippen LogP contribution is -2.05. The first-order valence-electron chi connectivity index (χ1n) is 3.68. The van der Waals surface area contributed by atoms with Crippen LogP contribution in [0.25, 0.3) is 0 Å². The minimum atomic E-state index is -2.79. The Balaban J connectivity index is 3.34. The Morgan fingerprint density at radius 3 is 2.71 bits per heavy atom. The molecule has 1 rings (SSSR count). The highest BCUT2D eigenvalue weighted by Crippen LogP contribution is 2.27. The summed E-state index contributed by atoms with van der Waals surface area (Å²) in [4.78, 5) is 14.0. The van der Waals surface area contributed by atoms with Crippen LogP contribution in [0.4, 0.5) is 14.5 Å². The summed E-state index contributed by atoms with van der Waals surface area (Å²) in [6.45, 7) is 0. The van der Waals surface area contributed by atoms with Crippen LogP contribution in [0.15, 0.2) is 6.20 Å². The smallest absolute Gasteiger partial charge is 0.282 e. The summed E-state index contributed by atoms with van der Waals surface area (Å²) in [5.41, 5.74) is 4.80. The Kier molecular flexibility index (Phi) is 3.35. The van der Waals surface area contributed by atoms with Gasteiger partial charge in [0, 0.05) is 17.6 Å². The summed E-state index contributed by atoms with van der Waals surface area (Å²) >= 11 is 5.47. The largest absolute Gasteiger partial charge is 0.396 e. The van der Waals surface area contributed by atoms with E-state index in [1.165, 1.54) is 0 Å². The topological polar surface area (TPSA) is 56.0 Å². The maximum atomic E-state index is 12.3. The molecule has 2 N–H and O–H groups in total. The van der Waals surface area contributed by atoms with Crippen molar-refractivity contribution in [3.8, 4) is 0 Å². The predicted molar refractivity (Wildman–Crippen MR) is 48.6 cm³/mol. The highest BCUT2D eigenvalue weighted by Gasteiger charge is 2.17. The van der Waals surface area contributed by atoms with E-state index < -0.39 is 12.1 Å². The van der Waals surface area contributed by atoms with Gasteiger partial charge in [0.2, 0.25) is 0 Å². The van der Waals surface area contributed by atoms with Crippen molar-refractivity contribution >= 4 is 23.6 Å². The molecule has 14 heavy (non-hydrogen) atoms. The van der Waals surface area contributed by atoms with E-state index in [1.54, 1.807) is 0 Å². The van der Waals surface area contributed by atoms with E-state index in [1.807, 2.05) is 0 Å². The number of aromatic nitrogens is 1. The second-order valence-electron chi connectivity index (χ2n) is 2.55. The number of anilines is 1. The fourth-order valence-electron chi connectivity index (χ4n) is 1.02. The minimum absolute atomic E-state index is 0.00872. The van der Waals surface area contributed by atoms with Gasteiger partial charge in [-0.15, -0.1) is 11.6 Å². The third-order valence-electron chi connectivity index (χ3n) is 1.74. The SMILES string of the molecule is Nc1c(C(F)F)ncc(CCl)c1C=O. The van der Waals surface area contributed by atoms with Crippen LogP contribution >= 0.6 is 11.6 Å². The lowest BCUT2D eigenvalue weighted by molar-refractivity contribution is 0.112. The fourth-order valence-corrected chi connectivity index (χ4v) is 1.23. The average molecular weight is 221 g/mol. The number of nitrogen functional groups attached to an aromatic ring is 1. The molecule has 0 spiro atoms. The predicted octanol–water partition coefficient (Wildman–Crippen LogP) is 2.15. The van der Waals surface area contributed by atoms with Crippen LogP contribution in [-0.2, 0) is 5.88 Å². The number of carbonyl (C=O) groups is 1. The second-order valence-corrected chi connectivity index (χ2v) is 2.82. The summed E-state index contributed by atoms with van der Waals surface area (Å²) in [6, 6.07) is 0. The number of alkyl halides is 3. The molecule has 0 bridgehead atoms. The number of nitrogens with zero attached hydrogens (tertiary/aromatic N) is 1. The minimum Gasteiger partial charge on any atom is -0.396 e. The molecule has 0 radical (unpaired) electrons. The molecule has 0 aliphatic heterocycles. The number of pyridine rings is 1. The summed E-state index contributed by atoms with van der Waals surface area (Å²) < 4.78 is 24.6. The van der Waals surface area contributed by atoms with Crippen molar-refractivity contribution < 1.29 is 13.6 Å². The van der Waals surface area contributed by atoms with Crippen LogP contribution in [0, 0.1) is 0 Å². The first-order valence-corrected chi connectivity index (χ1v) is 4.21. The Hall–Kier alpha value is -1.23. The van der Waals surface area contributed by atoms with E-state index in [0.29, 0.717) is 11.8 Å². The van der Waals surface area contributed by atoms with Gasteiger partial charge >= 0.3 is 0 Å². The molecular weight excluding hydrogens is 214 g/mol. The third-order valence-corrected chi connectivity index (χ3v) is 2.03. The normalized spacial score (nSPS) is 10.6. The Morgan fingerprint density at radius 1 is 1.64 bits per heavy atom. The van der Waals surface area contributed by atoms with E-state index in [4.69, 9.17) is 17.3 Å². The molecule has 0 atom stereocenters. The molecule has 0 saturated heterocycles. The molecule has 0 amide bonds. The number of rotatable bonds is 3. The molecule has 0 unspecified atom stereocenters. The zero-order chi connectivity index (χ0) is 10.7. The number of carbonyl (C=O) groups excluding carboxylic acids is 1. The van der Waals surface area contributed by atoms with Crippen LogP contribution < -0.4 is 5.73 Å². The van der Waals surface area contributed by atoms with Crippen molar-refractivity contribution in [1.29, 1.82) is 0 Å². The zero-order valence-corrected chi connectivity index (χ0v) is 7.76. The van der Waals surface area contributed by atoms with Crippen LogP contribution in [0.5, 0.6) is 0 Å². The van der Waals surface area contributed by atoms with Gasteiger partial charge < -0.3 is 5.73 Å². The quantitative estimate of drug-likeness (QED) is 0.627. The van der Waals surface area contributed by atoms with Crippen molar-refractivity contribution in [1.82, 2.24) is 4.98 Å². The first-order chi connectivity index (χ1) is 6.61. The van der Waals surface area contributed by atoms with E-state index in [0.717, 1.165) is 6.20 Å². The molecule has 3 nitrogen and oxygen atoms in total. The van der Waals surface area contributed by atoms with Gasteiger partial charge in [0.25, 0.3) is 6.43 Å². The zero-order valence-electron chi connectivity index (χ0n) is 7.01. The van der Waals surface area contributed by atoms with Gasteiger partial charge in [-0.2, -0.15) is 0 Å². The van der Waals surface area contributed by atoms with Gasteiger partial charge in [0.05, 0.1) is 5.69 Å². The van der Waals surface area contributed by atoms with Crippen molar-refractivity contribution in [2.24, 2.45) is 0 Å². The second kappa shape index (κ2) is 4.32. The molecule has 0 fully saturated rings. The van der Waals surface area contributed by atoms with Gasteiger partial charge in [-0.3, -0.25) is 9.78 Å². The Morgan fingerprint density at radius 2 is 2.29 bits per heavy atom. The van der Waals surface area contributed by atoms with Crippen LogP contribution in [0.3, 0.4) is 0 Å². The lowest BCUT2D eigenvalue weighted by atomic mass is 10.1. The monoisotopic (exact) mass is 220 g/mol. The number of aldehydes is 1.